The molecule has 0 radical (unpaired) electrons. The topological polar surface area (TPSA) is 102 Å². The number of methoxy groups -OCH3 is 1. The Morgan fingerprint density at radius 2 is 2.08 bits per heavy atom. The van der Waals surface area contributed by atoms with Gasteiger partial charge in [-0.2, -0.15) is 9.40 Å². The normalized spacial score (nSPS) is 21.5. The van der Waals surface area contributed by atoms with Crippen molar-refractivity contribution in [3.8, 4) is 11.4 Å². The highest BCUT2D eigenvalue weighted by molar-refractivity contribution is 7.89. The lowest BCUT2D eigenvalue weighted by Crippen LogP contribution is -2.48. The Kier molecular flexibility index (Phi) is 5.01. The van der Waals surface area contributed by atoms with Gasteiger partial charge in [-0.15, -0.1) is 0 Å². The summed E-state index contributed by atoms with van der Waals surface area (Å²) >= 11 is 0. The fourth-order valence-corrected chi connectivity index (χ4v) is 4.95. The Bertz CT molecular complexity index is 909. The molecule has 0 aliphatic carbocycles. The van der Waals surface area contributed by atoms with Gasteiger partial charge in [0.1, 0.15) is 16.3 Å². The minimum absolute atomic E-state index is 0.0290. The predicted octanol–water partition coefficient (Wildman–Crippen LogP) is 1.75. The molecule has 2 heterocycles. The Morgan fingerprint density at radius 3 is 2.77 bits per heavy atom. The molecule has 3 rings (SSSR count). The Morgan fingerprint density at radius 1 is 1.35 bits per heavy atom. The van der Waals surface area contributed by atoms with Crippen LogP contribution in [0.25, 0.3) is 5.69 Å². The lowest BCUT2D eigenvalue weighted by molar-refractivity contribution is -0.144. The van der Waals surface area contributed by atoms with Crippen LogP contribution in [-0.4, -0.2) is 53.3 Å². The summed E-state index contributed by atoms with van der Waals surface area (Å²) in [6.45, 7) is 1.94. The third-order valence-corrected chi connectivity index (χ3v) is 6.68. The number of sulfonamides is 1. The van der Waals surface area contributed by atoms with Gasteiger partial charge in [0.15, 0.2) is 0 Å². The predicted molar refractivity (Wildman–Crippen MR) is 93.8 cm³/mol. The van der Waals surface area contributed by atoms with Crippen LogP contribution in [-0.2, 0) is 14.8 Å². The van der Waals surface area contributed by atoms with Crippen LogP contribution in [0.1, 0.15) is 19.8 Å². The van der Waals surface area contributed by atoms with E-state index < -0.39 is 28.0 Å². The summed E-state index contributed by atoms with van der Waals surface area (Å²) in [5.74, 6) is -1.11. The minimum atomic E-state index is -3.84. The molecule has 26 heavy (non-hydrogen) atoms. The Labute approximate surface area is 152 Å². The van der Waals surface area contributed by atoms with Gasteiger partial charge in [0, 0.05) is 12.6 Å². The van der Waals surface area contributed by atoms with E-state index >= 15 is 0 Å². The van der Waals surface area contributed by atoms with E-state index in [-0.39, 0.29) is 4.90 Å². The summed E-state index contributed by atoms with van der Waals surface area (Å²) in [5, 5.41) is 13.5. The van der Waals surface area contributed by atoms with Crippen molar-refractivity contribution in [1.29, 1.82) is 0 Å². The molecule has 1 aromatic carbocycles. The number of carboxylic acid groups (broad SMARTS) is 1. The van der Waals surface area contributed by atoms with Crippen LogP contribution >= 0.6 is 0 Å². The maximum Gasteiger partial charge on any atom is 0.308 e. The maximum absolute atomic E-state index is 13.0. The SMILES string of the molecule is COc1ccccc1-n1cc(S(=O)(=O)N2CCC[C@H](C(=O)O)[C@@H]2C)cn1. The van der Waals surface area contributed by atoms with Crippen molar-refractivity contribution in [2.45, 2.75) is 30.7 Å². The number of benzene rings is 1. The number of aromatic nitrogens is 2. The molecule has 8 nitrogen and oxygen atoms in total. The highest BCUT2D eigenvalue weighted by atomic mass is 32.2. The van der Waals surface area contributed by atoms with Crippen LogP contribution in [0.3, 0.4) is 0 Å². The quantitative estimate of drug-likeness (QED) is 0.849. The van der Waals surface area contributed by atoms with Crippen molar-refractivity contribution < 1.29 is 23.1 Å². The molecular weight excluding hydrogens is 358 g/mol. The first-order valence-corrected chi connectivity index (χ1v) is 9.73. The van der Waals surface area contributed by atoms with E-state index in [0.717, 1.165) is 0 Å². The summed E-state index contributed by atoms with van der Waals surface area (Å²) in [5.41, 5.74) is 0.617. The first kappa shape index (κ1) is 18.4. The monoisotopic (exact) mass is 379 g/mol. The zero-order valence-electron chi connectivity index (χ0n) is 14.6. The van der Waals surface area contributed by atoms with Crippen molar-refractivity contribution in [3.05, 3.63) is 36.7 Å². The minimum Gasteiger partial charge on any atom is -0.494 e. The summed E-state index contributed by atoms with van der Waals surface area (Å²) < 4.78 is 34.0. The van der Waals surface area contributed by atoms with E-state index in [1.165, 1.54) is 28.5 Å². The Balaban J connectivity index is 1.94. The van der Waals surface area contributed by atoms with E-state index in [2.05, 4.69) is 5.10 Å². The van der Waals surface area contributed by atoms with E-state index in [1.807, 2.05) is 6.07 Å². The van der Waals surface area contributed by atoms with Gasteiger partial charge in [0.05, 0.1) is 25.4 Å². The highest BCUT2D eigenvalue weighted by Gasteiger charge is 2.40. The van der Waals surface area contributed by atoms with Crippen molar-refractivity contribution in [3.63, 3.8) is 0 Å². The number of ether oxygens (including phenoxy) is 1. The second-order valence-corrected chi connectivity index (χ2v) is 8.13. The summed E-state index contributed by atoms with van der Waals surface area (Å²) in [6, 6.07) is 6.53. The molecule has 2 aromatic rings. The van der Waals surface area contributed by atoms with Crippen LogP contribution in [0.2, 0.25) is 0 Å². The van der Waals surface area contributed by atoms with Gasteiger partial charge in [-0.05, 0) is 31.9 Å². The molecule has 0 amide bonds. The van der Waals surface area contributed by atoms with Crippen LogP contribution in [0, 0.1) is 5.92 Å². The number of nitrogens with zero attached hydrogens (tertiary/aromatic N) is 3. The molecule has 1 fully saturated rings. The first-order chi connectivity index (χ1) is 12.4. The van der Waals surface area contributed by atoms with Crippen LogP contribution in [0.15, 0.2) is 41.6 Å². The number of hydrogen-bond donors (Lipinski definition) is 1. The molecular formula is C17H21N3O5S. The van der Waals surface area contributed by atoms with Crippen molar-refractivity contribution in [1.82, 2.24) is 14.1 Å². The zero-order valence-corrected chi connectivity index (χ0v) is 15.4. The first-order valence-electron chi connectivity index (χ1n) is 8.29. The lowest BCUT2D eigenvalue weighted by atomic mass is 9.92. The fraction of sp³-hybridized carbons (Fsp3) is 0.412. The molecule has 0 spiro atoms. The summed E-state index contributed by atoms with van der Waals surface area (Å²) in [4.78, 5) is 11.4. The number of hydrogen-bond acceptors (Lipinski definition) is 5. The molecule has 0 unspecified atom stereocenters. The van der Waals surface area contributed by atoms with Gasteiger partial charge in [-0.1, -0.05) is 12.1 Å². The Hall–Kier alpha value is -2.39. The van der Waals surface area contributed by atoms with E-state index in [0.29, 0.717) is 30.8 Å². The van der Waals surface area contributed by atoms with Crippen LogP contribution < -0.4 is 4.74 Å². The fourth-order valence-electron chi connectivity index (χ4n) is 3.31. The molecule has 0 saturated carbocycles. The van der Waals surface area contributed by atoms with Crippen molar-refractivity contribution in [2.24, 2.45) is 5.92 Å². The number of carboxylic acids is 1. The van der Waals surface area contributed by atoms with E-state index in [9.17, 15) is 18.3 Å². The molecule has 2 atom stereocenters. The number of carbonyl (C=O) groups is 1. The van der Waals surface area contributed by atoms with Gasteiger partial charge in [0.25, 0.3) is 0 Å². The smallest absolute Gasteiger partial charge is 0.308 e. The zero-order chi connectivity index (χ0) is 18.9. The molecule has 0 bridgehead atoms. The molecule has 1 aliphatic heterocycles. The van der Waals surface area contributed by atoms with E-state index in [1.54, 1.807) is 25.1 Å². The number of aliphatic carboxylic acids is 1. The number of rotatable bonds is 5. The standard InChI is InChI=1S/C17H21N3O5S/c1-12-14(17(21)22)6-5-9-20(12)26(23,24)13-10-18-19(11-13)15-7-3-4-8-16(15)25-2/h3-4,7-8,10-12,14H,5-6,9H2,1-2H3,(H,21,22)/t12-,14-/m0/s1. The summed E-state index contributed by atoms with van der Waals surface area (Å²) in [7, 11) is -2.31. The van der Waals surface area contributed by atoms with Crippen molar-refractivity contribution in [2.75, 3.05) is 13.7 Å². The highest BCUT2D eigenvalue weighted by Crippen LogP contribution is 2.30. The molecule has 140 valence electrons. The molecule has 1 aliphatic rings. The van der Waals surface area contributed by atoms with Gasteiger partial charge < -0.3 is 9.84 Å². The van der Waals surface area contributed by atoms with E-state index in [4.69, 9.17) is 4.74 Å². The largest absolute Gasteiger partial charge is 0.494 e. The number of piperidine rings is 1. The van der Waals surface area contributed by atoms with Gasteiger partial charge in [-0.25, -0.2) is 13.1 Å². The van der Waals surface area contributed by atoms with Crippen LogP contribution in [0.4, 0.5) is 0 Å². The third kappa shape index (κ3) is 3.19. The molecule has 1 N–H and O–H groups in total. The molecule has 1 aromatic heterocycles. The average Bonchev–Trinajstić information content (AvgIpc) is 3.12. The summed E-state index contributed by atoms with van der Waals surface area (Å²) in [6.07, 6.45) is 3.69. The van der Waals surface area contributed by atoms with Gasteiger partial charge in [-0.3, -0.25) is 4.79 Å². The van der Waals surface area contributed by atoms with Crippen molar-refractivity contribution >= 4 is 16.0 Å². The van der Waals surface area contributed by atoms with Gasteiger partial charge >= 0.3 is 5.97 Å². The second kappa shape index (κ2) is 7.08. The maximum atomic E-state index is 13.0. The average molecular weight is 379 g/mol. The van der Waals surface area contributed by atoms with Gasteiger partial charge in [0.2, 0.25) is 10.0 Å². The third-order valence-electron chi connectivity index (χ3n) is 4.74. The lowest BCUT2D eigenvalue weighted by Gasteiger charge is -2.36. The van der Waals surface area contributed by atoms with Crippen LogP contribution in [0.5, 0.6) is 5.75 Å². The molecule has 9 heteroatoms. The number of para-hydroxylation sites is 2. The molecule has 1 saturated heterocycles. The second-order valence-electron chi connectivity index (χ2n) is 6.24.